The highest BCUT2D eigenvalue weighted by Gasteiger charge is 2.27. The molecule has 2 rings (SSSR count). The molecule has 0 saturated carbocycles. The molecule has 122 valence electrons. The standard InChI is InChI=1S/C16H17O5PS/c17-16(18)13-23-22(19,20-11-14-7-3-1-4-8-14)21-12-15-9-5-2-6-10-15/h1-10H,11-13H2,(H,17,18). The fourth-order valence-electron chi connectivity index (χ4n) is 1.70. The van der Waals surface area contributed by atoms with E-state index in [9.17, 15) is 9.36 Å². The molecule has 0 aliphatic heterocycles. The number of carbonyl (C=O) groups is 1. The van der Waals surface area contributed by atoms with Crippen LogP contribution in [0.25, 0.3) is 0 Å². The molecule has 5 nitrogen and oxygen atoms in total. The molecule has 0 heterocycles. The van der Waals surface area contributed by atoms with Crippen LogP contribution in [0, 0.1) is 0 Å². The molecule has 2 aromatic carbocycles. The van der Waals surface area contributed by atoms with E-state index in [2.05, 4.69) is 0 Å². The van der Waals surface area contributed by atoms with Gasteiger partial charge in [-0.2, -0.15) is 0 Å². The molecule has 0 aliphatic rings. The van der Waals surface area contributed by atoms with E-state index >= 15 is 0 Å². The maximum atomic E-state index is 12.7. The number of rotatable bonds is 9. The fraction of sp³-hybridized carbons (Fsp3) is 0.188. The van der Waals surface area contributed by atoms with Crippen LogP contribution in [-0.4, -0.2) is 16.8 Å². The van der Waals surface area contributed by atoms with Crippen molar-refractivity contribution in [2.45, 2.75) is 13.2 Å². The van der Waals surface area contributed by atoms with Crippen LogP contribution in [-0.2, 0) is 31.6 Å². The Kier molecular flexibility index (Phi) is 6.86. The SMILES string of the molecule is O=C(O)CSP(=O)(OCc1ccccc1)OCc1ccccc1. The summed E-state index contributed by atoms with van der Waals surface area (Å²) in [5, 5.41) is 8.79. The Morgan fingerprint density at radius 3 is 1.74 bits per heavy atom. The molecule has 0 atom stereocenters. The summed E-state index contributed by atoms with van der Waals surface area (Å²) in [4.78, 5) is 10.7. The van der Waals surface area contributed by atoms with Crippen LogP contribution >= 0.6 is 18.2 Å². The highest BCUT2D eigenvalue weighted by atomic mass is 32.7. The minimum atomic E-state index is -3.57. The molecule has 2 aromatic rings. The quantitative estimate of drug-likeness (QED) is 0.677. The number of hydrogen-bond acceptors (Lipinski definition) is 5. The minimum absolute atomic E-state index is 0.0968. The summed E-state index contributed by atoms with van der Waals surface area (Å²) in [5.41, 5.74) is 1.68. The van der Waals surface area contributed by atoms with Crippen LogP contribution in [0.2, 0.25) is 0 Å². The number of benzene rings is 2. The van der Waals surface area contributed by atoms with E-state index in [0.29, 0.717) is 11.4 Å². The highest BCUT2D eigenvalue weighted by Crippen LogP contribution is 2.61. The van der Waals surface area contributed by atoms with Crippen molar-refractivity contribution in [3.05, 3.63) is 71.8 Å². The normalized spacial score (nSPS) is 11.3. The van der Waals surface area contributed by atoms with Crippen molar-refractivity contribution >= 4 is 24.1 Å². The monoisotopic (exact) mass is 352 g/mol. The Morgan fingerprint density at radius 2 is 1.35 bits per heavy atom. The van der Waals surface area contributed by atoms with Gasteiger partial charge < -0.3 is 5.11 Å². The van der Waals surface area contributed by atoms with Gasteiger partial charge in [-0.15, -0.1) is 0 Å². The van der Waals surface area contributed by atoms with Crippen LogP contribution in [0.3, 0.4) is 0 Å². The van der Waals surface area contributed by atoms with Gasteiger partial charge in [0, 0.05) is 0 Å². The Morgan fingerprint density at radius 1 is 0.913 bits per heavy atom. The largest absolute Gasteiger partial charge is 0.481 e. The average molecular weight is 352 g/mol. The van der Waals surface area contributed by atoms with Crippen molar-refractivity contribution in [3.8, 4) is 0 Å². The molecule has 0 unspecified atom stereocenters. The van der Waals surface area contributed by atoms with Gasteiger partial charge in [-0.05, 0) is 22.5 Å². The second-order valence-electron chi connectivity index (χ2n) is 4.63. The summed E-state index contributed by atoms with van der Waals surface area (Å²) in [6.07, 6.45) is 0. The molecule has 23 heavy (non-hydrogen) atoms. The van der Waals surface area contributed by atoms with Gasteiger partial charge in [0.15, 0.2) is 0 Å². The van der Waals surface area contributed by atoms with Crippen LogP contribution in [0.15, 0.2) is 60.7 Å². The highest BCUT2D eigenvalue weighted by molar-refractivity contribution is 8.55. The number of carboxylic acids is 1. The van der Waals surface area contributed by atoms with E-state index in [0.717, 1.165) is 11.1 Å². The van der Waals surface area contributed by atoms with Crippen molar-refractivity contribution in [2.24, 2.45) is 0 Å². The van der Waals surface area contributed by atoms with Crippen molar-refractivity contribution in [2.75, 3.05) is 5.75 Å². The first kappa shape index (κ1) is 17.8. The van der Waals surface area contributed by atoms with Gasteiger partial charge >= 0.3 is 12.8 Å². The lowest BCUT2D eigenvalue weighted by Gasteiger charge is -2.17. The van der Waals surface area contributed by atoms with Gasteiger partial charge in [0.05, 0.1) is 13.2 Å². The van der Waals surface area contributed by atoms with Gasteiger partial charge in [-0.3, -0.25) is 13.8 Å². The second-order valence-corrected chi connectivity index (χ2v) is 8.71. The summed E-state index contributed by atoms with van der Waals surface area (Å²) < 4.78 is 23.6. The summed E-state index contributed by atoms with van der Waals surface area (Å²) in [7, 11) is 0. The number of carboxylic acid groups (broad SMARTS) is 1. The molecule has 0 saturated heterocycles. The zero-order valence-corrected chi connectivity index (χ0v) is 14.0. The van der Waals surface area contributed by atoms with E-state index < -0.39 is 12.8 Å². The second kappa shape index (κ2) is 8.89. The Hall–Kier alpha value is -1.59. The first-order valence-corrected chi connectivity index (χ1v) is 10.0. The third kappa shape index (κ3) is 6.59. The molecule has 1 N–H and O–H groups in total. The summed E-state index contributed by atoms with van der Waals surface area (Å²) in [5.74, 6) is -1.41. The molecule has 0 amide bonds. The first-order valence-electron chi connectivity index (χ1n) is 6.91. The predicted octanol–water partition coefficient (Wildman–Crippen LogP) is 4.35. The molecule has 0 bridgehead atoms. The van der Waals surface area contributed by atoms with Crippen LogP contribution in [0.4, 0.5) is 0 Å². The Labute approximate surface area is 138 Å². The van der Waals surface area contributed by atoms with E-state index in [1.54, 1.807) is 0 Å². The van der Waals surface area contributed by atoms with E-state index in [-0.39, 0.29) is 19.0 Å². The van der Waals surface area contributed by atoms with Gasteiger partial charge in [0.25, 0.3) is 0 Å². The van der Waals surface area contributed by atoms with Crippen LogP contribution in [0.5, 0.6) is 0 Å². The van der Waals surface area contributed by atoms with E-state index in [1.165, 1.54) is 0 Å². The third-order valence-electron chi connectivity index (χ3n) is 2.81. The molecule has 0 radical (unpaired) electrons. The van der Waals surface area contributed by atoms with Gasteiger partial charge in [-0.25, -0.2) is 4.57 Å². The summed E-state index contributed by atoms with van der Waals surface area (Å²) in [6, 6.07) is 18.5. The fourth-order valence-corrected chi connectivity index (χ4v) is 4.38. The Bertz CT molecular complexity index is 615. The topological polar surface area (TPSA) is 72.8 Å². The zero-order chi connectivity index (χ0) is 16.5. The average Bonchev–Trinajstić information content (AvgIpc) is 2.59. The lowest BCUT2D eigenvalue weighted by atomic mass is 10.2. The molecule has 0 spiro atoms. The molecule has 0 fully saturated rings. The minimum Gasteiger partial charge on any atom is -0.481 e. The van der Waals surface area contributed by atoms with E-state index in [1.807, 2.05) is 60.7 Å². The van der Waals surface area contributed by atoms with Gasteiger partial charge in [0.2, 0.25) is 0 Å². The number of aliphatic carboxylic acids is 1. The maximum absolute atomic E-state index is 12.7. The number of hydrogen-bond donors (Lipinski definition) is 1. The molecule has 0 aromatic heterocycles. The van der Waals surface area contributed by atoms with Crippen molar-refractivity contribution in [1.82, 2.24) is 0 Å². The lowest BCUT2D eigenvalue weighted by Crippen LogP contribution is -2.01. The Balaban J connectivity index is 1.99. The van der Waals surface area contributed by atoms with Crippen molar-refractivity contribution < 1.29 is 23.5 Å². The van der Waals surface area contributed by atoms with Gasteiger partial charge in [-0.1, -0.05) is 60.7 Å². The smallest absolute Gasteiger partial charge is 0.390 e. The van der Waals surface area contributed by atoms with Crippen LogP contribution < -0.4 is 0 Å². The lowest BCUT2D eigenvalue weighted by molar-refractivity contribution is -0.133. The third-order valence-corrected chi connectivity index (χ3v) is 6.36. The van der Waals surface area contributed by atoms with Crippen LogP contribution in [0.1, 0.15) is 11.1 Å². The maximum Gasteiger partial charge on any atom is 0.390 e. The molecule has 7 heteroatoms. The van der Waals surface area contributed by atoms with Crippen molar-refractivity contribution in [1.29, 1.82) is 0 Å². The summed E-state index contributed by atoms with van der Waals surface area (Å²) >= 11 is 0.682. The molecular formula is C16H17O5PS. The van der Waals surface area contributed by atoms with E-state index in [4.69, 9.17) is 14.2 Å². The summed E-state index contributed by atoms with van der Waals surface area (Å²) in [6.45, 7) is -3.37. The first-order chi connectivity index (χ1) is 11.1. The predicted molar refractivity (Wildman–Crippen MR) is 90.2 cm³/mol. The molecular weight excluding hydrogens is 335 g/mol. The zero-order valence-electron chi connectivity index (χ0n) is 12.3. The van der Waals surface area contributed by atoms with Gasteiger partial charge in [0.1, 0.15) is 5.75 Å². The van der Waals surface area contributed by atoms with Crippen molar-refractivity contribution in [3.63, 3.8) is 0 Å². The molecule has 0 aliphatic carbocycles.